The van der Waals surface area contributed by atoms with Gasteiger partial charge in [0.05, 0.1) is 11.5 Å². The quantitative estimate of drug-likeness (QED) is 0.825. The van der Waals surface area contributed by atoms with Gasteiger partial charge in [0.15, 0.2) is 0 Å². The standard InChI is InChI=1S/C17H25F3N6O/c1-12(21)10-24-3-2-13(11-24)15(27)25-4-6-26(7-5-25)16-22-8-14(9-23-16)17(18,19)20/h8-9,12-13H,2-7,10-11,21H2,1H3/t12-,13+/m0/s1. The Bertz CT molecular complexity index is 643. The Kier molecular flexibility index (Phi) is 5.85. The maximum absolute atomic E-state index is 12.7. The van der Waals surface area contributed by atoms with Crippen LogP contribution in [0.1, 0.15) is 18.9 Å². The second-order valence-corrected chi connectivity index (χ2v) is 7.30. The minimum Gasteiger partial charge on any atom is -0.339 e. The van der Waals surface area contributed by atoms with E-state index in [1.807, 2.05) is 11.8 Å². The van der Waals surface area contributed by atoms with Gasteiger partial charge in [-0.05, 0) is 19.9 Å². The van der Waals surface area contributed by atoms with Crippen molar-refractivity contribution in [3.8, 4) is 0 Å². The van der Waals surface area contributed by atoms with Crippen molar-refractivity contribution in [3.05, 3.63) is 18.0 Å². The molecule has 2 aliphatic heterocycles. The van der Waals surface area contributed by atoms with E-state index >= 15 is 0 Å². The van der Waals surface area contributed by atoms with Gasteiger partial charge in [0.2, 0.25) is 11.9 Å². The van der Waals surface area contributed by atoms with Crippen molar-refractivity contribution in [2.75, 3.05) is 50.7 Å². The fourth-order valence-corrected chi connectivity index (χ4v) is 3.62. The Balaban J connectivity index is 1.51. The summed E-state index contributed by atoms with van der Waals surface area (Å²) in [6, 6.07) is 0.0890. The van der Waals surface area contributed by atoms with Gasteiger partial charge in [-0.25, -0.2) is 9.97 Å². The fourth-order valence-electron chi connectivity index (χ4n) is 3.62. The normalized spacial score (nSPS) is 22.9. The fraction of sp³-hybridized carbons (Fsp3) is 0.706. The number of halogens is 3. The van der Waals surface area contributed by atoms with Crippen LogP contribution >= 0.6 is 0 Å². The van der Waals surface area contributed by atoms with Crippen molar-refractivity contribution < 1.29 is 18.0 Å². The molecule has 2 N–H and O–H groups in total. The molecule has 2 atom stereocenters. The van der Waals surface area contributed by atoms with Crippen LogP contribution in [0.25, 0.3) is 0 Å². The van der Waals surface area contributed by atoms with Crippen molar-refractivity contribution in [3.63, 3.8) is 0 Å². The zero-order valence-corrected chi connectivity index (χ0v) is 15.3. The van der Waals surface area contributed by atoms with Crippen LogP contribution in [0.15, 0.2) is 12.4 Å². The Morgan fingerprint density at radius 2 is 1.85 bits per heavy atom. The number of carbonyl (C=O) groups excluding carboxylic acids is 1. The molecule has 3 heterocycles. The second kappa shape index (κ2) is 7.97. The molecule has 0 spiro atoms. The highest BCUT2D eigenvalue weighted by molar-refractivity contribution is 5.79. The van der Waals surface area contributed by atoms with Crippen LogP contribution in [0.5, 0.6) is 0 Å². The molecule has 3 rings (SSSR count). The second-order valence-electron chi connectivity index (χ2n) is 7.30. The van der Waals surface area contributed by atoms with Crippen molar-refractivity contribution in [1.82, 2.24) is 19.8 Å². The molecular formula is C17H25F3N6O. The van der Waals surface area contributed by atoms with Crippen molar-refractivity contribution >= 4 is 11.9 Å². The molecule has 10 heteroatoms. The van der Waals surface area contributed by atoms with E-state index in [2.05, 4.69) is 14.9 Å². The number of hydrogen-bond donors (Lipinski definition) is 1. The van der Waals surface area contributed by atoms with E-state index in [9.17, 15) is 18.0 Å². The average molecular weight is 386 g/mol. The summed E-state index contributed by atoms with van der Waals surface area (Å²) in [6.45, 7) is 6.43. The van der Waals surface area contributed by atoms with E-state index in [1.54, 1.807) is 4.90 Å². The van der Waals surface area contributed by atoms with E-state index < -0.39 is 11.7 Å². The number of nitrogens with zero attached hydrogens (tertiary/aromatic N) is 5. The van der Waals surface area contributed by atoms with E-state index in [0.29, 0.717) is 26.2 Å². The number of aromatic nitrogens is 2. The molecule has 0 unspecified atom stereocenters. The lowest BCUT2D eigenvalue weighted by molar-refractivity contribution is -0.138. The number of alkyl halides is 3. The smallest absolute Gasteiger partial charge is 0.339 e. The van der Waals surface area contributed by atoms with Gasteiger partial charge in [-0.2, -0.15) is 13.2 Å². The van der Waals surface area contributed by atoms with Crippen LogP contribution in [-0.4, -0.2) is 77.5 Å². The van der Waals surface area contributed by atoms with E-state index in [1.165, 1.54) is 0 Å². The van der Waals surface area contributed by atoms with Gasteiger partial charge in [0.1, 0.15) is 0 Å². The Morgan fingerprint density at radius 3 is 2.41 bits per heavy atom. The van der Waals surface area contributed by atoms with Gasteiger partial charge in [-0.1, -0.05) is 0 Å². The predicted octanol–water partition coefficient (Wildman–Crippen LogP) is 0.813. The molecule has 0 radical (unpaired) electrons. The number of carbonyl (C=O) groups is 1. The highest BCUT2D eigenvalue weighted by atomic mass is 19.4. The number of nitrogens with two attached hydrogens (primary N) is 1. The first kappa shape index (κ1) is 19.8. The first-order valence-corrected chi connectivity index (χ1v) is 9.15. The molecule has 0 bridgehead atoms. The summed E-state index contributed by atoms with van der Waals surface area (Å²) in [5, 5.41) is 0. The lowest BCUT2D eigenvalue weighted by Gasteiger charge is -2.36. The highest BCUT2D eigenvalue weighted by Crippen LogP contribution is 2.28. The third-order valence-corrected chi connectivity index (χ3v) is 5.01. The molecule has 27 heavy (non-hydrogen) atoms. The van der Waals surface area contributed by atoms with Crippen LogP contribution in [0.3, 0.4) is 0 Å². The van der Waals surface area contributed by atoms with Crippen LogP contribution in [0, 0.1) is 5.92 Å². The van der Waals surface area contributed by atoms with Gasteiger partial charge in [0.25, 0.3) is 0 Å². The lowest BCUT2D eigenvalue weighted by Crippen LogP contribution is -2.51. The van der Waals surface area contributed by atoms with Gasteiger partial charge < -0.3 is 20.4 Å². The third-order valence-electron chi connectivity index (χ3n) is 5.01. The van der Waals surface area contributed by atoms with Crippen LogP contribution < -0.4 is 10.6 Å². The zero-order chi connectivity index (χ0) is 19.6. The zero-order valence-electron chi connectivity index (χ0n) is 15.3. The third kappa shape index (κ3) is 4.86. The summed E-state index contributed by atoms with van der Waals surface area (Å²) in [4.78, 5) is 26.2. The number of amides is 1. The molecule has 0 saturated carbocycles. The maximum Gasteiger partial charge on any atom is 0.419 e. The van der Waals surface area contributed by atoms with E-state index in [4.69, 9.17) is 5.73 Å². The Morgan fingerprint density at radius 1 is 1.22 bits per heavy atom. The summed E-state index contributed by atoms with van der Waals surface area (Å²) < 4.78 is 37.8. The average Bonchev–Trinajstić information content (AvgIpc) is 3.08. The van der Waals surface area contributed by atoms with Crippen LogP contribution in [0.4, 0.5) is 19.1 Å². The molecule has 2 fully saturated rings. The van der Waals surface area contributed by atoms with Gasteiger partial charge in [-0.15, -0.1) is 0 Å². The minimum atomic E-state index is -4.44. The molecule has 2 aliphatic rings. The highest BCUT2D eigenvalue weighted by Gasteiger charge is 2.34. The molecule has 7 nitrogen and oxygen atoms in total. The molecule has 0 aliphatic carbocycles. The van der Waals surface area contributed by atoms with Crippen molar-refractivity contribution in [1.29, 1.82) is 0 Å². The molecule has 1 amide bonds. The first-order valence-electron chi connectivity index (χ1n) is 9.15. The summed E-state index contributed by atoms with van der Waals surface area (Å²) in [7, 11) is 0. The minimum absolute atomic E-state index is 0.00220. The maximum atomic E-state index is 12.7. The molecule has 2 saturated heterocycles. The largest absolute Gasteiger partial charge is 0.419 e. The van der Waals surface area contributed by atoms with Crippen LogP contribution in [0.2, 0.25) is 0 Å². The Labute approximate surface area is 156 Å². The Hall–Kier alpha value is -1.94. The topological polar surface area (TPSA) is 78.6 Å². The number of anilines is 1. The van der Waals surface area contributed by atoms with E-state index in [0.717, 1.165) is 38.4 Å². The SMILES string of the molecule is C[C@H](N)CN1CC[C@@H](C(=O)N2CCN(c3ncc(C(F)(F)F)cn3)CC2)C1. The number of likely N-dealkylation sites (tertiary alicyclic amines) is 1. The van der Waals surface area contributed by atoms with Gasteiger partial charge in [0, 0.05) is 57.7 Å². The van der Waals surface area contributed by atoms with Crippen LogP contribution in [-0.2, 0) is 11.0 Å². The predicted molar refractivity (Wildman–Crippen MR) is 94.0 cm³/mol. The molecular weight excluding hydrogens is 361 g/mol. The molecule has 0 aromatic carbocycles. The van der Waals surface area contributed by atoms with Gasteiger partial charge in [-0.3, -0.25) is 4.79 Å². The summed E-state index contributed by atoms with van der Waals surface area (Å²) in [5.41, 5.74) is 4.96. The number of piperazine rings is 1. The molecule has 1 aromatic rings. The van der Waals surface area contributed by atoms with Crippen molar-refractivity contribution in [2.45, 2.75) is 25.6 Å². The van der Waals surface area contributed by atoms with Gasteiger partial charge >= 0.3 is 6.18 Å². The lowest BCUT2D eigenvalue weighted by atomic mass is 10.1. The first-order chi connectivity index (χ1) is 12.7. The molecule has 1 aromatic heterocycles. The number of rotatable bonds is 4. The summed E-state index contributed by atoms with van der Waals surface area (Å²) in [6.07, 6.45) is -2.01. The molecule has 150 valence electrons. The van der Waals surface area contributed by atoms with Crippen molar-refractivity contribution in [2.24, 2.45) is 11.7 Å². The number of hydrogen-bond acceptors (Lipinski definition) is 6. The monoisotopic (exact) mass is 386 g/mol. The summed E-state index contributed by atoms with van der Waals surface area (Å²) >= 11 is 0. The summed E-state index contributed by atoms with van der Waals surface area (Å²) in [5.74, 6) is 0.409. The van der Waals surface area contributed by atoms with E-state index in [-0.39, 0.29) is 23.8 Å².